The van der Waals surface area contributed by atoms with Gasteiger partial charge in [-0.25, -0.2) is 0 Å². The Balaban J connectivity index is 1.84. The van der Waals surface area contributed by atoms with E-state index in [9.17, 15) is 0 Å². The van der Waals surface area contributed by atoms with Gasteiger partial charge >= 0.3 is 0 Å². The Morgan fingerprint density at radius 1 is 1.20 bits per heavy atom. The van der Waals surface area contributed by atoms with Gasteiger partial charge in [-0.1, -0.05) is 38.0 Å². The maximum atomic E-state index is 3.78. The SMILES string of the molecule is CCN(CCNC1CCCCC1C)c1ccccc1C. The quantitative estimate of drug-likeness (QED) is 0.844. The lowest BCUT2D eigenvalue weighted by Gasteiger charge is -2.31. The van der Waals surface area contributed by atoms with E-state index in [1.807, 2.05) is 0 Å². The average molecular weight is 274 g/mol. The third-order valence-corrected chi connectivity index (χ3v) is 4.74. The van der Waals surface area contributed by atoms with Crippen LogP contribution in [0.5, 0.6) is 0 Å². The van der Waals surface area contributed by atoms with Gasteiger partial charge in [0, 0.05) is 31.4 Å². The number of anilines is 1. The van der Waals surface area contributed by atoms with Gasteiger partial charge in [-0.05, 0) is 44.2 Å². The van der Waals surface area contributed by atoms with Crippen LogP contribution in [0, 0.1) is 12.8 Å². The first-order valence-electron chi connectivity index (χ1n) is 8.26. The van der Waals surface area contributed by atoms with E-state index in [1.54, 1.807) is 0 Å². The van der Waals surface area contributed by atoms with Crippen LogP contribution in [0.3, 0.4) is 0 Å². The molecular formula is C18H30N2. The summed E-state index contributed by atoms with van der Waals surface area (Å²) in [7, 11) is 0. The molecule has 1 N–H and O–H groups in total. The third-order valence-electron chi connectivity index (χ3n) is 4.74. The van der Waals surface area contributed by atoms with Crippen molar-refractivity contribution in [3.63, 3.8) is 0 Å². The molecule has 1 saturated carbocycles. The highest BCUT2D eigenvalue weighted by atomic mass is 15.1. The predicted octanol–water partition coefficient (Wildman–Crippen LogP) is 3.99. The zero-order valence-corrected chi connectivity index (χ0v) is 13.4. The molecule has 2 heteroatoms. The van der Waals surface area contributed by atoms with E-state index in [4.69, 9.17) is 0 Å². The second-order valence-electron chi connectivity index (χ2n) is 6.19. The number of nitrogens with one attached hydrogen (secondary N) is 1. The highest BCUT2D eigenvalue weighted by molar-refractivity contribution is 5.52. The van der Waals surface area contributed by atoms with Crippen molar-refractivity contribution in [1.82, 2.24) is 5.32 Å². The topological polar surface area (TPSA) is 15.3 Å². The van der Waals surface area contributed by atoms with Crippen molar-refractivity contribution in [3.8, 4) is 0 Å². The van der Waals surface area contributed by atoms with Crippen molar-refractivity contribution < 1.29 is 0 Å². The molecule has 2 unspecified atom stereocenters. The van der Waals surface area contributed by atoms with Gasteiger partial charge in [0.15, 0.2) is 0 Å². The molecule has 0 radical (unpaired) electrons. The minimum Gasteiger partial charge on any atom is -0.370 e. The van der Waals surface area contributed by atoms with Crippen molar-refractivity contribution in [1.29, 1.82) is 0 Å². The van der Waals surface area contributed by atoms with E-state index >= 15 is 0 Å². The van der Waals surface area contributed by atoms with Crippen LogP contribution in [-0.2, 0) is 0 Å². The van der Waals surface area contributed by atoms with Gasteiger partial charge in [-0.2, -0.15) is 0 Å². The van der Waals surface area contributed by atoms with Crippen molar-refractivity contribution in [2.75, 3.05) is 24.5 Å². The molecule has 2 nitrogen and oxygen atoms in total. The molecule has 112 valence electrons. The molecule has 1 fully saturated rings. The minimum absolute atomic E-state index is 0.735. The average Bonchev–Trinajstić information content (AvgIpc) is 2.46. The van der Waals surface area contributed by atoms with E-state index in [2.05, 4.69) is 55.3 Å². The predicted molar refractivity (Wildman–Crippen MR) is 88.5 cm³/mol. The molecule has 0 aliphatic heterocycles. The number of hydrogen-bond acceptors (Lipinski definition) is 2. The van der Waals surface area contributed by atoms with Crippen LogP contribution >= 0.6 is 0 Å². The number of rotatable bonds is 6. The van der Waals surface area contributed by atoms with Crippen LogP contribution in [-0.4, -0.2) is 25.7 Å². The molecular weight excluding hydrogens is 244 g/mol. The first kappa shape index (κ1) is 15.4. The molecule has 0 heterocycles. The summed E-state index contributed by atoms with van der Waals surface area (Å²) >= 11 is 0. The molecule has 1 aromatic rings. The largest absolute Gasteiger partial charge is 0.370 e. The monoisotopic (exact) mass is 274 g/mol. The summed E-state index contributed by atoms with van der Waals surface area (Å²) in [5.41, 5.74) is 2.76. The highest BCUT2D eigenvalue weighted by Gasteiger charge is 2.20. The summed E-state index contributed by atoms with van der Waals surface area (Å²) < 4.78 is 0. The number of hydrogen-bond donors (Lipinski definition) is 1. The fourth-order valence-electron chi connectivity index (χ4n) is 3.37. The van der Waals surface area contributed by atoms with Gasteiger partial charge in [0.1, 0.15) is 0 Å². The van der Waals surface area contributed by atoms with Crippen molar-refractivity contribution in [2.24, 2.45) is 5.92 Å². The molecule has 0 bridgehead atoms. The minimum atomic E-state index is 0.735. The Kier molecular flexibility index (Phi) is 5.90. The summed E-state index contributed by atoms with van der Waals surface area (Å²) in [4.78, 5) is 2.48. The summed E-state index contributed by atoms with van der Waals surface area (Å²) in [5.74, 6) is 0.845. The smallest absolute Gasteiger partial charge is 0.0396 e. The molecule has 0 amide bonds. The van der Waals surface area contributed by atoms with E-state index in [0.717, 1.165) is 31.6 Å². The van der Waals surface area contributed by atoms with E-state index in [0.29, 0.717) is 0 Å². The van der Waals surface area contributed by atoms with E-state index < -0.39 is 0 Å². The lowest BCUT2D eigenvalue weighted by atomic mass is 9.86. The number of benzene rings is 1. The molecule has 0 saturated heterocycles. The maximum Gasteiger partial charge on any atom is 0.0396 e. The van der Waals surface area contributed by atoms with Crippen LogP contribution in [0.25, 0.3) is 0 Å². The van der Waals surface area contributed by atoms with Gasteiger partial charge < -0.3 is 10.2 Å². The van der Waals surface area contributed by atoms with E-state index in [-0.39, 0.29) is 0 Å². The molecule has 0 aromatic heterocycles. The van der Waals surface area contributed by atoms with Crippen LogP contribution < -0.4 is 10.2 Å². The van der Waals surface area contributed by atoms with Gasteiger partial charge in [0.2, 0.25) is 0 Å². The number of nitrogens with zero attached hydrogens (tertiary/aromatic N) is 1. The van der Waals surface area contributed by atoms with Gasteiger partial charge in [0.05, 0.1) is 0 Å². The zero-order valence-electron chi connectivity index (χ0n) is 13.4. The van der Waals surface area contributed by atoms with Gasteiger partial charge in [-0.15, -0.1) is 0 Å². The molecule has 1 aliphatic carbocycles. The third kappa shape index (κ3) is 3.99. The fraction of sp³-hybridized carbons (Fsp3) is 0.667. The number of para-hydroxylation sites is 1. The van der Waals surface area contributed by atoms with Crippen LogP contribution in [0.2, 0.25) is 0 Å². The molecule has 2 atom stereocenters. The molecule has 1 aliphatic rings. The maximum absolute atomic E-state index is 3.78. The molecule has 2 rings (SSSR count). The van der Waals surface area contributed by atoms with Crippen LogP contribution in [0.4, 0.5) is 5.69 Å². The Labute approximate surface area is 124 Å². The van der Waals surface area contributed by atoms with Gasteiger partial charge in [0.25, 0.3) is 0 Å². The second kappa shape index (κ2) is 7.68. The molecule has 20 heavy (non-hydrogen) atoms. The fourth-order valence-corrected chi connectivity index (χ4v) is 3.37. The van der Waals surface area contributed by atoms with E-state index in [1.165, 1.54) is 36.9 Å². The lowest BCUT2D eigenvalue weighted by Crippen LogP contribution is -2.41. The summed E-state index contributed by atoms with van der Waals surface area (Å²) in [6.07, 6.45) is 5.57. The standard InChI is InChI=1S/C18H30N2/c1-4-20(18-12-8-6-10-16(18)3)14-13-19-17-11-7-5-9-15(17)2/h6,8,10,12,15,17,19H,4-5,7,9,11,13-14H2,1-3H3. The first-order chi connectivity index (χ1) is 9.72. The zero-order chi connectivity index (χ0) is 14.4. The first-order valence-corrected chi connectivity index (χ1v) is 8.26. The Hall–Kier alpha value is -1.02. The summed E-state index contributed by atoms with van der Waals surface area (Å²) in [5, 5.41) is 3.78. The molecule has 0 spiro atoms. The second-order valence-corrected chi connectivity index (χ2v) is 6.19. The Morgan fingerprint density at radius 3 is 2.65 bits per heavy atom. The summed E-state index contributed by atoms with van der Waals surface area (Å²) in [6.45, 7) is 10.1. The number of likely N-dealkylation sites (N-methyl/N-ethyl adjacent to an activating group) is 1. The van der Waals surface area contributed by atoms with Crippen LogP contribution in [0.15, 0.2) is 24.3 Å². The lowest BCUT2D eigenvalue weighted by molar-refractivity contribution is 0.282. The Bertz CT molecular complexity index is 402. The highest BCUT2D eigenvalue weighted by Crippen LogP contribution is 2.23. The van der Waals surface area contributed by atoms with Gasteiger partial charge in [-0.3, -0.25) is 0 Å². The summed E-state index contributed by atoms with van der Waals surface area (Å²) in [6, 6.07) is 9.44. The van der Waals surface area contributed by atoms with Crippen molar-refractivity contribution in [3.05, 3.63) is 29.8 Å². The normalized spacial score (nSPS) is 22.8. The van der Waals surface area contributed by atoms with Crippen molar-refractivity contribution >= 4 is 5.69 Å². The number of aryl methyl sites for hydroxylation is 1. The Morgan fingerprint density at radius 2 is 1.95 bits per heavy atom. The van der Waals surface area contributed by atoms with Crippen LogP contribution in [0.1, 0.15) is 45.1 Å². The molecule has 1 aromatic carbocycles. The van der Waals surface area contributed by atoms with Crippen molar-refractivity contribution in [2.45, 2.75) is 52.5 Å².